The minimum Gasteiger partial charge on any atom is -0.467 e. The minimum atomic E-state index is -0.514. The van der Waals surface area contributed by atoms with Gasteiger partial charge in [0.2, 0.25) is 5.91 Å². The number of hydrogen-bond acceptors (Lipinski definition) is 4. The molecule has 17 heavy (non-hydrogen) atoms. The molecule has 2 unspecified atom stereocenters. The van der Waals surface area contributed by atoms with E-state index >= 15 is 0 Å². The van der Waals surface area contributed by atoms with Gasteiger partial charge >= 0.3 is 5.97 Å². The van der Waals surface area contributed by atoms with E-state index in [0.29, 0.717) is 25.3 Å². The minimum absolute atomic E-state index is 0.133. The Morgan fingerprint density at radius 1 is 1.47 bits per heavy atom. The van der Waals surface area contributed by atoms with Gasteiger partial charge in [-0.05, 0) is 25.2 Å². The van der Waals surface area contributed by atoms with Crippen molar-refractivity contribution in [1.82, 2.24) is 4.90 Å². The molecule has 1 fully saturated rings. The molecule has 1 rings (SSSR count). The molecule has 2 N–H and O–H groups in total. The predicted octanol–water partition coefficient (Wildman–Crippen LogP) is 0.524. The predicted molar refractivity (Wildman–Crippen MR) is 64.2 cm³/mol. The molecule has 0 aromatic carbocycles. The lowest BCUT2D eigenvalue weighted by molar-refractivity contribution is -0.151. The molecular weight excluding hydrogens is 220 g/mol. The van der Waals surface area contributed by atoms with Gasteiger partial charge in [0, 0.05) is 6.54 Å². The van der Waals surface area contributed by atoms with Crippen molar-refractivity contribution in [3.05, 3.63) is 0 Å². The number of ether oxygens (including phenoxy) is 1. The zero-order chi connectivity index (χ0) is 13.0. The summed E-state index contributed by atoms with van der Waals surface area (Å²) in [5, 5.41) is 0. The van der Waals surface area contributed by atoms with Crippen LogP contribution in [0, 0.1) is 5.92 Å². The summed E-state index contributed by atoms with van der Waals surface area (Å²) < 4.78 is 4.70. The zero-order valence-corrected chi connectivity index (χ0v) is 10.8. The SMILES string of the molecule is COC(=O)C1CCCN1C(=O)C(N)CC(C)C. The smallest absolute Gasteiger partial charge is 0.328 e. The number of likely N-dealkylation sites (tertiary alicyclic amines) is 1. The van der Waals surface area contributed by atoms with Gasteiger partial charge < -0.3 is 15.4 Å². The Morgan fingerprint density at radius 2 is 2.12 bits per heavy atom. The van der Waals surface area contributed by atoms with Crippen LogP contribution in [0.25, 0.3) is 0 Å². The highest BCUT2D eigenvalue weighted by Gasteiger charge is 2.36. The quantitative estimate of drug-likeness (QED) is 0.730. The molecule has 0 aliphatic carbocycles. The highest BCUT2D eigenvalue weighted by atomic mass is 16.5. The van der Waals surface area contributed by atoms with E-state index in [1.165, 1.54) is 7.11 Å². The van der Waals surface area contributed by atoms with Gasteiger partial charge in [0.05, 0.1) is 13.2 Å². The van der Waals surface area contributed by atoms with Gasteiger partial charge in [-0.3, -0.25) is 4.79 Å². The number of nitrogens with zero attached hydrogens (tertiary/aromatic N) is 1. The van der Waals surface area contributed by atoms with Gasteiger partial charge in [-0.2, -0.15) is 0 Å². The number of nitrogens with two attached hydrogens (primary N) is 1. The highest BCUT2D eigenvalue weighted by Crippen LogP contribution is 2.20. The van der Waals surface area contributed by atoms with Crippen LogP contribution in [-0.2, 0) is 14.3 Å². The van der Waals surface area contributed by atoms with Crippen LogP contribution in [0.5, 0.6) is 0 Å². The fourth-order valence-electron chi connectivity index (χ4n) is 2.23. The highest BCUT2D eigenvalue weighted by molar-refractivity contribution is 5.88. The van der Waals surface area contributed by atoms with E-state index in [1.54, 1.807) is 4.90 Å². The molecule has 1 amide bonds. The molecule has 1 saturated heterocycles. The summed E-state index contributed by atoms with van der Waals surface area (Å²) in [6.45, 7) is 4.65. The monoisotopic (exact) mass is 242 g/mol. The zero-order valence-electron chi connectivity index (χ0n) is 10.8. The van der Waals surface area contributed by atoms with Gasteiger partial charge in [-0.1, -0.05) is 13.8 Å². The first-order valence-electron chi connectivity index (χ1n) is 6.11. The molecule has 98 valence electrons. The molecule has 0 spiro atoms. The maximum absolute atomic E-state index is 12.1. The van der Waals surface area contributed by atoms with E-state index in [0.717, 1.165) is 6.42 Å². The first-order valence-corrected chi connectivity index (χ1v) is 6.11. The van der Waals surface area contributed by atoms with E-state index in [4.69, 9.17) is 10.5 Å². The third kappa shape index (κ3) is 3.43. The van der Waals surface area contributed by atoms with Crippen LogP contribution >= 0.6 is 0 Å². The number of rotatable bonds is 4. The molecule has 1 aliphatic heterocycles. The van der Waals surface area contributed by atoms with Crippen molar-refractivity contribution in [3.63, 3.8) is 0 Å². The van der Waals surface area contributed by atoms with E-state index in [9.17, 15) is 9.59 Å². The maximum atomic E-state index is 12.1. The maximum Gasteiger partial charge on any atom is 0.328 e. The van der Waals surface area contributed by atoms with Gasteiger partial charge in [-0.15, -0.1) is 0 Å². The molecule has 5 nitrogen and oxygen atoms in total. The summed E-state index contributed by atoms with van der Waals surface area (Å²) in [6.07, 6.45) is 2.15. The summed E-state index contributed by atoms with van der Waals surface area (Å²) in [7, 11) is 1.34. The van der Waals surface area contributed by atoms with Crippen molar-refractivity contribution in [1.29, 1.82) is 0 Å². The van der Waals surface area contributed by atoms with Crippen LogP contribution in [0.1, 0.15) is 33.1 Å². The topological polar surface area (TPSA) is 72.6 Å². The van der Waals surface area contributed by atoms with Crippen molar-refractivity contribution in [2.24, 2.45) is 11.7 Å². The first-order chi connectivity index (χ1) is 7.97. The number of esters is 1. The molecule has 0 aromatic rings. The second-order valence-corrected chi connectivity index (χ2v) is 4.95. The number of amides is 1. The van der Waals surface area contributed by atoms with Crippen LogP contribution < -0.4 is 5.73 Å². The molecule has 1 aliphatic rings. The van der Waals surface area contributed by atoms with Crippen molar-refractivity contribution < 1.29 is 14.3 Å². The fraction of sp³-hybridized carbons (Fsp3) is 0.833. The molecule has 0 aromatic heterocycles. The summed E-state index contributed by atoms with van der Waals surface area (Å²) >= 11 is 0. The second kappa shape index (κ2) is 6.00. The Labute approximate surface area is 102 Å². The molecule has 0 bridgehead atoms. The average Bonchev–Trinajstić information content (AvgIpc) is 2.74. The van der Waals surface area contributed by atoms with Gasteiger partial charge in [-0.25, -0.2) is 4.79 Å². The summed E-state index contributed by atoms with van der Waals surface area (Å²) in [6, 6.07) is -0.953. The summed E-state index contributed by atoms with van der Waals surface area (Å²) in [5.74, 6) is -0.104. The van der Waals surface area contributed by atoms with Crippen LogP contribution in [-0.4, -0.2) is 42.5 Å². The Bertz CT molecular complexity index is 291. The largest absolute Gasteiger partial charge is 0.467 e. The van der Waals surface area contributed by atoms with E-state index in [2.05, 4.69) is 0 Å². The third-order valence-electron chi connectivity index (χ3n) is 3.05. The van der Waals surface area contributed by atoms with E-state index in [1.807, 2.05) is 13.8 Å². The Kier molecular flexibility index (Phi) is 4.93. The Morgan fingerprint density at radius 3 is 2.65 bits per heavy atom. The second-order valence-electron chi connectivity index (χ2n) is 4.95. The number of methoxy groups -OCH3 is 1. The molecule has 5 heteroatoms. The average molecular weight is 242 g/mol. The number of carbonyl (C=O) groups excluding carboxylic acids is 2. The van der Waals surface area contributed by atoms with Crippen molar-refractivity contribution in [2.45, 2.75) is 45.2 Å². The Balaban J connectivity index is 2.64. The summed E-state index contributed by atoms with van der Waals surface area (Å²) in [5.41, 5.74) is 5.86. The van der Waals surface area contributed by atoms with Crippen LogP contribution in [0.15, 0.2) is 0 Å². The standard InChI is InChI=1S/C12H22N2O3/c1-8(2)7-9(13)11(15)14-6-4-5-10(14)12(16)17-3/h8-10H,4-7,13H2,1-3H3. The van der Waals surface area contributed by atoms with E-state index < -0.39 is 12.1 Å². The Hall–Kier alpha value is -1.10. The lowest BCUT2D eigenvalue weighted by atomic mass is 10.0. The lowest BCUT2D eigenvalue weighted by Crippen LogP contribution is -2.49. The first kappa shape index (κ1) is 14.0. The molecule has 0 radical (unpaired) electrons. The van der Waals surface area contributed by atoms with Crippen molar-refractivity contribution in [2.75, 3.05) is 13.7 Å². The van der Waals surface area contributed by atoms with Crippen LogP contribution in [0.2, 0.25) is 0 Å². The normalized spacial score (nSPS) is 21.7. The van der Waals surface area contributed by atoms with Crippen LogP contribution in [0.4, 0.5) is 0 Å². The van der Waals surface area contributed by atoms with Gasteiger partial charge in [0.15, 0.2) is 0 Å². The van der Waals surface area contributed by atoms with Crippen molar-refractivity contribution in [3.8, 4) is 0 Å². The molecule has 0 saturated carbocycles. The lowest BCUT2D eigenvalue weighted by Gasteiger charge is -2.26. The fourth-order valence-corrected chi connectivity index (χ4v) is 2.23. The summed E-state index contributed by atoms with van der Waals surface area (Å²) in [4.78, 5) is 25.2. The van der Waals surface area contributed by atoms with E-state index in [-0.39, 0.29) is 11.9 Å². The molecule has 1 heterocycles. The molecule has 2 atom stereocenters. The number of carbonyl (C=O) groups is 2. The molecular formula is C12H22N2O3. The van der Waals surface area contributed by atoms with Crippen LogP contribution in [0.3, 0.4) is 0 Å². The number of hydrogen-bond donors (Lipinski definition) is 1. The third-order valence-corrected chi connectivity index (χ3v) is 3.05. The van der Waals surface area contributed by atoms with Gasteiger partial charge in [0.25, 0.3) is 0 Å². The van der Waals surface area contributed by atoms with Gasteiger partial charge in [0.1, 0.15) is 6.04 Å². The van der Waals surface area contributed by atoms with Crippen molar-refractivity contribution >= 4 is 11.9 Å².